The molecule has 1 fully saturated rings. The molecule has 1 aliphatic rings. The first kappa shape index (κ1) is 13.7. The monoisotopic (exact) mass is 283 g/mol. The fraction of sp³-hybridized carbons (Fsp3) is 0.353. The van der Waals surface area contributed by atoms with Gasteiger partial charge in [0.15, 0.2) is 0 Å². The number of ether oxygens (including phenoxy) is 1. The molecule has 1 radical (unpaired) electrons. The number of rotatable bonds is 3. The standard InChI is InChI=1S/C17H19N2O2/c1-13-4-2-3-5-16(13)21-15-7-10-19(11-8-15)14-6-9-18-17(20)12-14/h2-6,9,12,15H,7-8,10-11H2,1H3. The quantitative estimate of drug-likeness (QED) is 0.865. The molecule has 1 saturated heterocycles. The topological polar surface area (TPSA) is 45.3 Å². The number of para-hydroxylation sites is 1. The van der Waals surface area contributed by atoms with Crippen molar-refractivity contribution >= 4 is 5.69 Å². The maximum atomic E-state index is 11.3. The van der Waals surface area contributed by atoms with Gasteiger partial charge in [-0.2, -0.15) is 0 Å². The number of piperidine rings is 1. The minimum Gasteiger partial charge on any atom is -0.490 e. The summed E-state index contributed by atoms with van der Waals surface area (Å²) in [5, 5.41) is 11.3. The lowest BCUT2D eigenvalue weighted by atomic mass is 10.1. The Kier molecular flexibility index (Phi) is 3.95. The lowest BCUT2D eigenvalue weighted by molar-refractivity contribution is 0.170. The number of anilines is 1. The number of aromatic nitrogens is 1. The second-order valence-electron chi connectivity index (χ2n) is 5.42. The van der Waals surface area contributed by atoms with Crippen LogP contribution in [0.5, 0.6) is 11.6 Å². The number of nitrogens with zero attached hydrogens (tertiary/aromatic N) is 2. The summed E-state index contributed by atoms with van der Waals surface area (Å²) in [6.45, 7) is 3.87. The predicted octanol–water partition coefficient (Wildman–Crippen LogP) is 3.58. The van der Waals surface area contributed by atoms with E-state index in [1.54, 1.807) is 12.3 Å². The van der Waals surface area contributed by atoms with Crippen molar-refractivity contribution in [3.05, 3.63) is 48.2 Å². The van der Waals surface area contributed by atoms with Crippen LogP contribution in [-0.2, 0) is 5.11 Å². The molecule has 109 valence electrons. The van der Waals surface area contributed by atoms with Gasteiger partial charge in [0.1, 0.15) is 11.9 Å². The van der Waals surface area contributed by atoms with Crippen LogP contribution in [0.3, 0.4) is 0 Å². The number of pyridine rings is 1. The molecule has 0 amide bonds. The highest BCUT2D eigenvalue weighted by Crippen LogP contribution is 2.26. The third-order valence-corrected chi connectivity index (χ3v) is 3.91. The van der Waals surface area contributed by atoms with Gasteiger partial charge in [-0.05, 0) is 24.6 Å². The molecule has 0 atom stereocenters. The van der Waals surface area contributed by atoms with E-state index in [9.17, 15) is 5.11 Å². The summed E-state index contributed by atoms with van der Waals surface area (Å²) < 4.78 is 6.09. The first-order valence-corrected chi connectivity index (χ1v) is 7.33. The fourth-order valence-corrected chi connectivity index (χ4v) is 2.70. The largest absolute Gasteiger partial charge is 0.490 e. The Labute approximate surface area is 125 Å². The zero-order valence-corrected chi connectivity index (χ0v) is 12.2. The molecule has 1 aromatic carbocycles. The van der Waals surface area contributed by atoms with Crippen molar-refractivity contribution in [1.82, 2.24) is 4.98 Å². The molecular weight excluding hydrogens is 264 g/mol. The van der Waals surface area contributed by atoms with Crippen LogP contribution in [-0.4, -0.2) is 24.2 Å². The highest BCUT2D eigenvalue weighted by atomic mass is 16.5. The van der Waals surface area contributed by atoms with E-state index in [4.69, 9.17) is 4.74 Å². The Balaban J connectivity index is 1.59. The van der Waals surface area contributed by atoms with Gasteiger partial charge in [-0.3, -0.25) is 5.11 Å². The van der Waals surface area contributed by atoms with Gasteiger partial charge in [-0.25, -0.2) is 4.98 Å². The molecule has 0 bridgehead atoms. The molecule has 4 nitrogen and oxygen atoms in total. The van der Waals surface area contributed by atoms with Gasteiger partial charge >= 0.3 is 0 Å². The molecule has 2 aromatic rings. The van der Waals surface area contributed by atoms with Gasteiger partial charge in [0, 0.05) is 43.9 Å². The zero-order chi connectivity index (χ0) is 14.7. The van der Waals surface area contributed by atoms with Gasteiger partial charge in [0.25, 0.3) is 5.88 Å². The van der Waals surface area contributed by atoms with Crippen LogP contribution < -0.4 is 9.64 Å². The maximum absolute atomic E-state index is 11.3. The average molecular weight is 283 g/mol. The average Bonchev–Trinajstić information content (AvgIpc) is 2.50. The van der Waals surface area contributed by atoms with E-state index in [1.807, 2.05) is 24.3 Å². The maximum Gasteiger partial charge on any atom is 0.271 e. The number of benzene rings is 1. The van der Waals surface area contributed by atoms with E-state index < -0.39 is 0 Å². The molecule has 1 aliphatic heterocycles. The summed E-state index contributed by atoms with van der Waals surface area (Å²) in [7, 11) is 0. The second kappa shape index (κ2) is 6.04. The highest BCUT2D eigenvalue weighted by molar-refractivity contribution is 5.48. The Bertz CT molecular complexity index is 607. The van der Waals surface area contributed by atoms with Gasteiger partial charge < -0.3 is 9.64 Å². The summed E-state index contributed by atoms with van der Waals surface area (Å²) in [4.78, 5) is 5.93. The first-order valence-electron chi connectivity index (χ1n) is 7.33. The van der Waals surface area contributed by atoms with Crippen LogP contribution in [0.4, 0.5) is 5.69 Å². The van der Waals surface area contributed by atoms with E-state index in [1.165, 1.54) is 5.56 Å². The molecule has 2 heterocycles. The third-order valence-electron chi connectivity index (χ3n) is 3.91. The van der Waals surface area contributed by atoms with Crippen molar-refractivity contribution in [3.63, 3.8) is 0 Å². The Morgan fingerprint density at radius 2 is 1.95 bits per heavy atom. The first-order chi connectivity index (χ1) is 10.2. The SMILES string of the molecule is Cc1ccccc1OC1CCN(c2ccnc([O])c2)CC1. The molecule has 4 heteroatoms. The summed E-state index contributed by atoms with van der Waals surface area (Å²) in [5.74, 6) is 0.799. The molecule has 0 N–H and O–H groups in total. The molecule has 3 rings (SSSR count). The van der Waals surface area contributed by atoms with Crippen molar-refractivity contribution in [2.75, 3.05) is 18.0 Å². The van der Waals surface area contributed by atoms with Crippen molar-refractivity contribution in [1.29, 1.82) is 0 Å². The minimum absolute atomic E-state index is 0.175. The molecule has 21 heavy (non-hydrogen) atoms. The van der Waals surface area contributed by atoms with E-state index in [-0.39, 0.29) is 12.0 Å². The summed E-state index contributed by atoms with van der Waals surface area (Å²) >= 11 is 0. The van der Waals surface area contributed by atoms with Crippen LogP contribution in [0, 0.1) is 6.92 Å². The van der Waals surface area contributed by atoms with E-state index >= 15 is 0 Å². The van der Waals surface area contributed by atoms with Crippen LogP contribution in [0.25, 0.3) is 0 Å². The van der Waals surface area contributed by atoms with Gasteiger partial charge in [-0.1, -0.05) is 18.2 Å². The molecule has 0 saturated carbocycles. The van der Waals surface area contributed by atoms with Crippen molar-refractivity contribution in [2.45, 2.75) is 25.9 Å². The van der Waals surface area contributed by atoms with E-state index in [0.29, 0.717) is 0 Å². The Morgan fingerprint density at radius 3 is 2.67 bits per heavy atom. The zero-order valence-electron chi connectivity index (χ0n) is 12.2. The number of hydrogen-bond acceptors (Lipinski definition) is 3. The summed E-state index contributed by atoms with van der Waals surface area (Å²) in [5.41, 5.74) is 2.13. The molecular formula is C17H19N2O2. The van der Waals surface area contributed by atoms with E-state index in [0.717, 1.165) is 37.4 Å². The second-order valence-corrected chi connectivity index (χ2v) is 5.42. The summed E-state index contributed by atoms with van der Waals surface area (Å²) in [6.07, 6.45) is 3.75. The van der Waals surface area contributed by atoms with Crippen molar-refractivity contribution in [3.8, 4) is 11.6 Å². The van der Waals surface area contributed by atoms with Crippen molar-refractivity contribution in [2.24, 2.45) is 0 Å². The van der Waals surface area contributed by atoms with Crippen LogP contribution in [0.15, 0.2) is 42.6 Å². The summed E-state index contributed by atoms with van der Waals surface area (Å²) in [6, 6.07) is 11.6. The Hall–Kier alpha value is -2.23. The van der Waals surface area contributed by atoms with Crippen LogP contribution in [0.2, 0.25) is 0 Å². The lowest BCUT2D eigenvalue weighted by Crippen LogP contribution is -2.38. The van der Waals surface area contributed by atoms with Crippen LogP contribution >= 0.6 is 0 Å². The smallest absolute Gasteiger partial charge is 0.271 e. The molecule has 0 spiro atoms. The highest BCUT2D eigenvalue weighted by Gasteiger charge is 2.21. The lowest BCUT2D eigenvalue weighted by Gasteiger charge is -2.33. The third kappa shape index (κ3) is 3.27. The Morgan fingerprint density at radius 1 is 1.19 bits per heavy atom. The van der Waals surface area contributed by atoms with Gasteiger partial charge in [-0.15, -0.1) is 0 Å². The van der Waals surface area contributed by atoms with Crippen molar-refractivity contribution < 1.29 is 9.84 Å². The molecule has 0 aliphatic carbocycles. The van der Waals surface area contributed by atoms with Gasteiger partial charge in [0.2, 0.25) is 0 Å². The molecule has 1 aromatic heterocycles. The normalized spacial score (nSPS) is 16.0. The molecule has 0 unspecified atom stereocenters. The minimum atomic E-state index is -0.175. The number of hydrogen-bond donors (Lipinski definition) is 0. The van der Waals surface area contributed by atoms with E-state index in [2.05, 4.69) is 22.9 Å². The fourth-order valence-electron chi connectivity index (χ4n) is 2.70. The van der Waals surface area contributed by atoms with Crippen LogP contribution in [0.1, 0.15) is 18.4 Å². The number of aryl methyl sites for hydroxylation is 1. The van der Waals surface area contributed by atoms with Gasteiger partial charge in [0.05, 0.1) is 0 Å². The predicted molar refractivity (Wildman–Crippen MR) is 81.4 cm³/mol.